The van der Waals surface area contributed by atoms with E-state index in [0.717, 1.165) is 16.7 Å². The van der Waals surface area contributed by atoms with Gasteiger partial charge in [-0.2, -0.15) is 0 Å². The lowest BCUT2D eigenvalue weighted by molar-refractivity contribution is -0.123. The maximum absolute atomic E-state index is 12.6. The van der Waals surface area contributed by atoms with Crippen LogP contribution >= 0.6 is 11.8 Å². The molecular formula is C19H17NO7S. The lowest BCUT2D eigenvalue weighted by Crippen LogP contribution is -2.27. The first-order valence-electron chi connectivity index (χ1n) is 8.31. The summed E-state index contributed by atoms with van der Waals surface area (Å²) in [4.78, 5) is 37.5. The first kappa shape index (κ1) is 19.6. The molecule has 0 unspecified atom stereocenters. The molecule has 0 radical (unpaired) electrons. The molecule has 28 heavy (non-hydrogen) atoms. The summed E-state index contributed by atoms with van der Waals surface area (Å²) in [5.74, 6) is -0.730. The van der Waals surface area contributed by atoms with Crippen LogP contribution in [0.3, 0.4) is 0 Å². The lowest BCUT2D eigenvalue weighted by Gasteiger charge is -2.10. The van der Waals surface area contributed by atoms with E-state index in [-0.39, 0.29) is 28.7 Å². The van der Waals surface area contributed by atoms with E-state index in [1.807, 2.05) is 0 Å². The number of carbonyl (C=O) groups excluding carboxylic acids is 3. The maximum atomic E-state index is 12.6. The molecule has 1 aromatic heterocycles. The summed E-state index contributed by atoms with van der Waals surface area (Å²) in [7, 11) is 1.22. The standard InChI is InChI=1S/C19H17NO7S/c1-3-26-13-6-4-5-11(16(13)21)9-15-17(22)20(19(24)28-15)10-12-7-8-14(27-12)18(23)25-2/h4-9,21H,3,10H2,1-2H3. The van der Waals surface area contributed by atoms with Crippen LogP contribution < -0.4 is 4.74 Å². The number of esters is 1. The molecule has 9 heteroatoms. The molecule has 1 fully saturated rings. The SMILES string of the molecule is CCOc1cccc(C=C2SC(=O)N(Cc3ccc(C(=O)OC)o3)C2=O)c1O. The second-order valence-electron chi connectivity index (χ2n) is 5.65. The number of benzene rings is 1. The first-order chi connectivity index (χ1) is 13.4. The molecule has 2 aromatic rings. The Labute approximate surface area is 164 Å². The monoisotopic (exact) mass is 403 g/mol. The van der Waals surface area contributed by atoms with Gasteiger partial charge < -0.3 is 19.0 Å². The van der Waals surface area contributed by atoms with Crippen molar-refractivity contribution in [1.29, 1.82) is 0 Å². The number of hydrogen-bond acceptors (Lipinski definition) is 8. The van der Waals surface area contributed by atoms with Crippen LogP contribution in [0.1, 0.15) is 28.8 Å². The average molecular weight is 403 g/mol. The molecule has 2 amide bonds. The Balaban J connectivity index is 1.80. The van der Waals surface area contributed by atoms with Gasteiger partial charge in [-0.3, -0.25) is 14.5 Å². The van der Waals surface area contributed by atoms with Crippen molar-refractivity contribution in [2.24, 2.45) is 0 Å². The van der Waals surface area contributed by atoms with Gasteiger partial charge in [0, 0.05) is 5.56 Å². The number of thioether (sulfide) groups is 1. The van der Waals surface area contributed by atoms with Crippen molar-refractivity contribution in [3.8, 4) is 11.5 Å². The Morgan fingerprint density at radius 2 is 2.07 bits per heavy atom. The first-order valence-corrected chi connectivity index (χ1v) is 9.13. The summed E-state index contributed by atoms with van der Waals surface area (Å²) < 4.78 is 15.2. The van der Waals surface area contributed by atoms with Crippen molar-refractivity contribution in [1.82, 2.24) is 4.90 Å². The molecular weight excluding hydrogens is 386 g/mol. The molecule has 0 aliphatic carbocycles. The number of aromatic hydroxyl groups is 1. The summed E-state index contributed by atoms with van der Waals surface area (Å²) >= 11 is 0.755. The van der Waals surface area contributed by atoms with E-state index in [1.165, 1.54) is 25.3 Å². The minimum Gasteiger partial charge on any atom is -0.504 e. The van der Waals surface area contributed by atoms with E-state index in [1.54, 1.807) is 25.1 Å². The second kappa shape index (κ2) is 8.22. The van der Waals surface area contributed by atoms with Crippen LogP contribution in [0.5, 0.6) is 11.5 Å². The van der Waals surface area contributed by atoms with Gasteiger partial charge in [-0.1, -0.05) is 12.1 Å². The zero-order chi connectivity index (χ0) is 20.3. The third-order valence-electron chi connectivity index (χ3n) is 3.85. The third-order valence-corrected chi connectivity index (χ3v) is 4.76. The molecule has 1 aliphatic rings. The number of methoxy groups -OCH3 is 1. The lowest BCUT2D eigenvalue weighted by atomic mass is 10.1. The highest BCUT2D eigenvalue weighted by Crippen LogP contribution is 2.37. The highest BCUT2D eigenvalue weighted by atomic mass is 32.2. The van der Waals surface area contributed by atoms with Crippen LogP contribution in [-0.4, -0.2) is 40.8 Å². The summed E-state index contributed by atoms with van der Waals surface area (Å²) in [5.41, 5.74) is 0.363. The van der Waals surface area contributed by atoms with Crippen molar-refractivity contribution < 1.29 is 33.4 Å². The van der Waals surface area contributed by atoms with Gasteiger partial charge in [0.25, 0.3) is 11.1 Å². The fourth-order valence-electron chi connectivity index (χ4n) is 2.53. The largest absolute Gasteiger partial charge is 0.504 e. The Morgan fingerprint density at radius 3 is 2.79 bits per heavy atom. The van der Waals surface area contributed by atoms with Gasteiger partial charge in [-0.25, -0.2) is 4.79 Å². The van der Waals surface area contributed by atoms with Crippen LogP contribution in [0.2, 0.25) is 0 Å². The number of para-hydroxylation sites is 1. The van der Waals surface area contributed by atoms with Crippen LogP contribution in [0.4, 0.5) is 4.79 Å². The number of phenolic OH excluding ortho intramolecular Hbond substituents is 1. The molecule has 1 saturated heterocycles. The number of imide groups is 1. The van der Waals surface area contributed by atoms with E-state index < -0.39 is 17.1 Å². The number of amides is 2. The van der Waals surface area contributed by atoms with Crippen molar-refractivity contribution in [3.05, 3.63) is 52.3 Å². The van der Waals surface area contributed by atoms with Gasteiger partial charge in [0.1, 0.15) is 5.76 Å². The van der Waals surface area contributed by atoms with Gasteiger partial charge in [0.2, 0.25) is 5.76 Å². The fourth-order valence-corrected chi connectivity index (χ4v) is 3.36. The highest BCUT2D eigenvalue weighted by Gasteiger charge is 2.36. The van der Waals surface area contributed by atoms with E-state index in [4.69, 9.17) is 9.15 Å². The van der Waals surface area contributed by atoms with Gasteiger partial charge in [-0.15, -0.1) is 0 Å². The van der Waals surface area contributed by atoms with Crippen LogP contribution in [0.15, 0.2) is 39.7 Å². The molecule has 3 rings (SSSR count). The smallest absolute Gasteiger partial charge is 0.373 e. The third kappa shape index (κ3) is 3.89. The second-order valence-corrected chi connectivity index (χ2v) is 6.65. The summed E-state index contributed by atoms with van der Waals surface area (Å²) in [6, 6.07) is 7.81. The minimum absolute atomic E-state index is 0.0160. The number of ether oxygens (including phenoxy) is 2. The van der Waals surface area contributed by atoms with Crippen molar-refractivity contribution in [3.63, 3.8) is 0 Å². The summed E-state index contributed by atoms with van der Waals surface area (Å²) in [5, 5.41) is 9.79. The number of nitrogens with zero attached hydrogens (tertiary/aromatic N) is 1. The number of rotatable bonds is 6. The number of furan rings is 1. The minimum atomic E-state index is -0.648. The molecule has 0 spiro atoms. The molecule has 0 atom stereocenters. The fraction of sp³-hybridized carbons (Fsp3) is 0.211. The molecule has 1 N–H and O–H groups in total. The van der Waals surface area contributed by atoms with Crippen LogP contribution in [-0.2, 0) is 16.1 Å². The van der Waals surface area contributed by atoms with Crippen molar-refractivity contribution in [2.75, 3.05) is 13.7 Å². The van der Waals surface area contributed by atoms with E-state index in [9.17, 15) is 19.5 Å². The van der Waals surface area contributed by atoms with Gasteiger partial charge in [-0.05, 0) is 43.0 Å². The predicted molar refractivity (Wildman–Crippen MR) is 101 cm³/mol. The van der Waals surface area contributed by atoms with E-state index in [2.05, 4.69) is 4.74 Å². The summed E-state index contributed by atoms with van der Waals surface area (Å²) in [6.07, 6.45) is 1.44. The Morgan fingerprint density at radius 1 is 1.29 bits per heavy atom. The van der Waals surface area contributed by atoms with E-state index in [0.29, 0.717) is 17.9 Å². The van der Waals surface area contributed by atoms with Gasteiger partial charge >= 0.3 is 5.97 Å². The predicted octanol–water partition coefficient (Wildman–Crippen LogP) is 3.41. The van der Waals surface area contributed by atoms with Crippen LogP contribution in [0.25, 0.3) is 6.08 Å². The zero-order valence-electron chi connectivity index (χ0n) is 15.1. The Kier molecular flexibility index (Phi) is 5.74. The molecule has 0 bridgehead atoms. The zero-order valence-corrected chi connectivity index (χ0v) is 15.9. The maximum Gasteiger partial charge on any atom is 0.373 e. The topological polar surface area (TPSA) is 106 Å². The van der Waals surface area contributed by atoms with Crippen molar-refractivity contribution in [2.45, 2.75) is 13.5 Å². The van der Waals surface area contributed by atoms with Gasteiger partial charge in [0.15, 0.2) is 11.5 Å². The number of phenols is 1. The molecule has 0 saturated carbocycles. The number of carbonyl (C=O) groups is 3. The molecule has 8 nitrogen and oxygen atoms in total. The summed E-state index contributed by atoms with van der Waals surface area (Å²) in [6.45, 7) is 2.05. The van der Waals surface area contributed by atoms with Crippen molar-refractivity contribution >= 4 is 35.0 Å². The van der Waals surface area contributed by atoms with E-state index >= 15 is 0 Å². The molecule has 1 aliphatic heterocycles. The van der Waals surface area contributed by atoms with Gasteiger partial charge in [0.05, 0.1) is 25.2 Å². The quantitative estimate of drug-likeness (QED) is 0.578. The molecule has 146 valence electrons. The molecule has 2 heterocycles. The average Bonchev–Trinajstić information content (AvgIpc) is 3.25. The van der Waals surface area contributed by atoms with Crippen LogP contribution in [0, 0.1) is 0 Å². The number of hydrogen-bond donors (Lipinski definition) is 1. The Hall–Kier alpha value is -3.20. The normalized spacial score (nSPS) is 15.4. The Bertz CT molecular complexity index is 963. The highest BCUT2D eigenvalue weighted by molar-refractivity contribution is 8.18. The molecule has 1 aromatic carbocycles.